The van der Waals surface area contributed by atoms with Gasteiger partial charge in [0.15, 0.2) is 9.84 Å². The highest BCUT2D eigenvalue weighted by atomic mass is 32.2. The van der Waals surface area contributed by atoms with Gasteiger partial charge in [-0.15, -0.1) is 0 Å². The van der Waals surface area contributed by atoms with Crippen LogP contribution in [0.15, 0.2) is 47.5 Å². The summed E-state index contributed by atoms with van der Waals surface area (Å²) in [4.78, 5) is 16.6. The average molecular weight is 318 g/mol. The highest BCUT2D eigenvalue weighted by Crippen LogP contribution is 2.18. The van der Waals surface area contributed by atoms with E-state index in [1.165, 1.54) is 6.07 Å². The third kappa shape index (κ3) is 3.71. The van der Waals surface area contributed by atoms with Gasteiger partial charge in [0.05, 0.1) is 16.6 Å². The van der Waals surface area contributed by atoms with E-state index >= 15 is 0 Å². The summed E-state index contributed by atoms with van der Waals surface area (Å²) in [5.41, 5.74) is 1.68. The standard InChI is InChI=1S/C16H18N2O3S/c1-11-7-8-13(10-15(11)22(3,20)21)16(19)18-12(2)14-6-4-5-9-17-14/h4-10,12H,1-3H3,(H,18,19). The molecule has 0 saturated heterocycles. The lowest BCUT2D eigenvalue weighted by Crippen LogP contribution is -2.27. The second-order valence-corrected chi connectivity index (χ2v) is 7.19. The van der Waals surface area contributed by atoms with Crippen molar-refractivity contribution < 1.29 is 13.2 Å². The molecule has 0 aliphatic carbocycles. The fourth-order valence-corrected chi connectivity index (χ4v) is 3.12. The van der Waals surface area contributed by atoms with Crippen molar-refractivity contribution in [3.63, 3.8) is 0 Å². The number of carbonyl (C=O) groups excluding carboxylic acids is 1. The van der Waals surface area contributed by atoms with Crippen LogP contribution in [-0.4, -0.2) is 25.6 Å². The Morgan fingerprint density at radius 1 is 1.23 bits per heavy atom. The Kier molecular flexibility index (Phi) is 4.61. The first-order valence-corrected chi connectivity index (χ1v) is 8.70. The van der Waals surface area contributed by atoms with Gasteiger partial charge >= 0.3 is 0 Å². The molecule has 2 rings (SSSR count). The monoisotopic (exact) mass is 318 g/mol. The van der Waals surface area contributed by atoms with Gasteiger partial charge in [-0.25, -0.2) is 8.42 Å². The number of nitrogens with zero attached hydrogens (tertiary/aromatic N) is 1. The van der Waals surface area contributed by atoms with Gasteiger partial charge in [-0.1, -0.05) is 12.1 Å². The van der Waals surface area contributed by atoms with Gasteiger partial charge in [-0.2, -0.15) is 0 Å². The maximum Gasteiger partial charge on any atom is 0.251 e. The number of rotatable bonds is 4. The third-order valence-corrected chi connectivity index (χ3v) is 4.57. The van der Waals surface area contributed by atoms with E-state index in [2.05, 4.69) is 10.3 Å². The predicted molar refractivity (Wildman–Crippen MR) is 84.4 cm³/mol. The van der Waals surface area contributed by atoms with Crippen LogP contribution in [0.5, 0.6) is 0 Å². The fourth-order valence-electron chi connectivity index (χ4n) is 2.13. The van der Waals surface area contributed by atoms with Gasteiger partial charge in [-0.3, -0.25) is 9.78 Å². The highest BCUT2D eigenvalue weighted by Gasteiger charge is 2.16. The molecule has 0 fully saturated rings. The van der Waals surface area contributed by atoms with Crippen LogP contribution >= 0.6 is 0 Å². The first-order valence-electron chi connectivity index (χ1n) is 6.81. The van der Waals surface area contributed by atoms with Crippen LogP contribution in [0.2, 0.25) is 0 Å². The predicted octanol–water partition coefficient (Wildman–Crippen LogP) is 2.28. The molecule has 5 nitrogen and oxygen atoms in total. The normalized spacial score (nSPS) is 12.7. The van der Waals surface area contributed by atoms with Crippen molar-refractivity contribution in [1.29, 1.82) is 0 Å². The Labute approximate surface area is 130 Å². The topological polar surface area (TPSA) is 76.1 Å². The average Bonchev–Trinajstić information content (AvgIpc) is 2.47. The van der Waals surface area contributed by atoms with E-state index in [0.29, 0.717) is 11.1 Å². The van der Waals surface area contributed by atoms with Gasteiger partial charge in [-0.05, 0) is 43.7 Å². The summed E-state index contributed by atoms with van der Waals surface area (Å²) in [6, 6.07) is 9.86. The zero-order chi connectivity index (χ0) is 16.3. The molecule has 0 spiro atoms. The number of pyridine rings is 1. The number of carbonyl (C=O) groups is 1. The van der Waals surface area contributed by atoms with Gasteiger partial charge in [0, 0.05) is 18.0 Å². The molecule has 1 aromatic heterocycles. The Morgan fingerprint density at radius 2 is 1.95 bits per heavy atom. The molecule has 6 heteroatoms. The zero-order valence-corrected chi connectivity index (χ0v) is 13.5. The maximum atomic E-state index is 12.3. The van der Waals surface area contributed by atoms with Crippen molar-refractivity contribution in [2.75, 3.05) is 6.26 Å². The summed E-state index contributed by atoms with van der Waals surface area (Å²) in [6.07, 6.45) is 2.79. The molecule has 116 valence electrons. The SMILES string of the molecule is Cc1ccc(C(=O)NC(C)c2ccccn2)cc1S(C)(=O)=O. The molecule has 1 heterocycles. The lowest BCUT2D eigenvalue weighted by Gasteiger charge is -2.14. The molecular formula is C16H18N2O3S. The minimum atomic E-state index is -3.36. The van der Waals surface area contributed by atoms with E-state index in [0.717, 1.165) is 11.9 Å². The van der Waals surface area contributed by atoms with Gasteiger partial charge < -0.3 is 5.32 Å². The van der Waals surface area contributed by atoms with Crippen molar-refractivity contribution in [2.24, 2.45) is 0 Å². The van der Waals surface area contributed by atoms with E-state index < -0.39 is 9.84 Å². The molecule has 1 unspecified atom stereocenters. The van der Waals surface area contributed by atoms with Crippen molar-refractivity contribution in [2.45, 2.75) is 24.8 Å². The lowest BCUT2D eigenvalue weighted by atomic mass is 10.1. The molecule has 0 bridgehead atoms. The third-order valence-electron chi connectivity index (χ3n) is 3.33. The minimum absolute atomic E-state index is 0.172. The molecule has 1 atom stereocenters. The number of hydrogen-bond donors (Lipinski definition) is 1. The number of aromatic nitrogens is 1. The largest absolute Gasteiger partial charge is 0.344 e. The Balaban J connectivity index is 2.24. The summed E-state index contributed by atoms with van der Waals surface area (Å²) in [6.45, 7) is 3.53. The molecule has 22 heavy (non-hydrogen) atoms. The summed E-state index contributed by atoms with van der Waals surface area (Å²) in [5, 5.41) is 2.81. The lowest BCUT2D eigenvalue weighted by molar-refractivity contribution is 0.0939. The highest BCUT2D eigenvalue weighted by molar-refractivity contribution is 7.90. The van der Waals surface area contributed by atoms with Crippen LogP contribution < -0.4 is 5.32 Å². The van der Waals surface area contributed by atoms with Crippen molar-refractivity contribution in [3.8, 4) is 0 Å². The molecule has 0 aliphatic rings. The summed E-state index contributed by atoms with van der Waals surface area (Å²) >= 11 is 0. The Morgan fingerprint density at radius 3 is 2.55 bits per heavy atom. The molecule has 1 amide bonds. The number of benzene rings is 1. The molecule has 0 aliphatic heterocycles. The van der Waals surface area contributed by atoms with E-state index in [-0.39, 0.29) is 16.8 Å². The van der Waals surface area contributed by atoms with E-state index in [9.17, 15) is 13.2 Å². The van der Waals surface area contributed by atoms with Crippen molar-refractivity contribution >= 4 is 15.7 Å². The summed E-state index contributed by atoms with van der Waals surface area (Å²) < 4.78 is 23.5. The number of aryl methyl sites for hydroxylation is 1. The van der Waals surface area contributed by atoms with Crippen molar-refractivity contribution in [3.05, 3.63) is 59.4 Å². The number of nitrogens with one attached hydrogen (secondary N) is 1. The molecule has 2 aromatic rings. The molecular weight excluding hydrogens is 300 g/mol. The van der Waals surface area contributed by atoms with Crippen LogP contribution in [0.4, 0.5) is 0 Å². The van der Waals surface area contributed by atoms with E-state index in [1.54, 1.807) is 31.3 Å². The van der Waals surface area contributed by atoms with Crippen LogP contribution in [0.25, 0.3) is 0 Å². The zero-order valence-electron chi connectivity index (χ0n) is 12.7. The maximum absolute atomic E-state index is 12.3. The quantitative estimate of drug-likeness (QED) is 0.938. The van der Waals surface area contributed by atoms with Gasteiger partial charge in [0.2, 0.25) is 0 Å². The van der Waals surface area contributed by atoms with E-state index in [4.69, 9.17) is 0 Å². The Hall–Kier alpha value is -2.21. The number of sulfone groups is 1. The van der Waals surface area contributed by atoms with E-state index in [1.807, 2.05) is 19.1 Å². The molecule has 0 radical (unpaired) electrons. The van der Waals surface area contributed by atoms with Crippen LogP contribution in [-0.2, 0) is 9.84 Å². The van der Waals surface area contributed by atoms with Crippen LogP contribution in [0.3, 0.4) is 0 Å². The number of hydrogen-bond acceptors (Lipinski definition) is 4. The minimum Gasteiger partial charge on any atom is -0.344 e. The van der Waals surface area contributed by atoms with Crippen molar-refractivity contribution in [1.82, 2.24) is 10.3 Å². The number of amides is 1. The molecule has 1 aromatic carbocycles. The second kappa shape index (κ2) is 6.27. The molecule has 1 N–H and O–H groups in total. The van der Waals surface area contributed by atoms with Crippen LogP contribution in [0.1, 0.15) is 34.6 Å². The first-order chi connectivity index (χ1) is 10.3. The van der Waals surface area contributed by atoms with Crippen LogP contribution in [0, 0.1) is 6.92 Å². The first kappa shape index (κ1) is 16.2. The summed E-state index contributed by atoms with van der Waals surface area (Å²) in [7, 11) is -3.36. The fraction of sp³-hybridized carbons (Fsp3) is 0.250. The Bertz CT molecular complexity index is 786. The summed E-state index contributed by atoms with van der Waals surface area (Å²) in [5.74, 6) is -0.331. The molecule has 0 saturated carbocycles. The second-order valence-electron chi connectivity index (χ2n) is 5.20. The smallest absolute Gasteiger partial charge is 0.251 e. The van der Waals surface area contributed by atoms with Gasteiger partial charge in [0.25, 0.3) is 5.91 Å². The van der Waals surface area contributed by atoms with Gasteiger partial charge in [0.1, 0.15) is 0 Å².